The van der Waals surface area contributed by atoms with E-state index in [-0.39, 0.29) is 12.4 Å². The number of halogens is 1. The van der Waals surface area contributed by atoms with E-state index in [0.717, 1.165) is 12.8 Å². The van der Waals surface area contributed by atoms with Crippen molar-refractivity contribution in [2.24, 2.45) is 5.92 Å². The molecule has 0 aromatic heterocycles. The summed E-state index contributed by atoms with van der Waals surface area (Å²) < 4.78 is 11.2. The molecule has 2 nitrogen and oxygen atoms in total. The molecule has 0 amide bonds. The lowest BCUT2D eigenvalue weighted by atomic mass is 10.1. The van der Waals surface area contributed by atoms with E-state index < -0.39 is 0 Å². The molecule has 0 aromatic rings. The van der Waals surface area contributed by atoms with Crippen LogP contribution in [0.4, 0.5) is 0 Å². The quantitative estimate of drug-likeness (QED) is 0.388. The zero-order chi connectivity index (χ0) is 10.4. The van der Waals surface area contributed by atoms with Gasteiger partial charge in [0.15, 0.2) is 6.29 Å². The van der Waals surface area contributed by atoms with Crippen LogP contribution in [0.5, 0.6) is 0 Å². The summed E-state index contributed by atoms with van der Waals surface area (Å²) in [7, 11) is 0. The van der Waals surface area contributed by atoms with Crippen LogP contribution in [-0.2, 0) is 9.47 Å². The van der Waals surface area contributed by atoms with Crippen LogP contribution in [0.3, 0.4) is 0 Å². The molecule has 0 fully saturated rings. The SMILES string of the molecule is CCCOC(CCl)OC1C=CCC1C. The van der Waals surface area contributed by atoms with Gasteiger partial charge in [0.25, 0.3) is 0 Å². The van der Waals surface area contributed by atoms with Crippen molar-refractivity contribution < 1.29 is 9.47 Å². The van der Waals surface area contributed by atoms with E-state index >= 15 is 0 Å². The molecule has 0 saturated heterocycles. The van der Waals surface area contributed by atoms with Gasteiger partial charge >= 0.3 is 0 Å². The van der Waals surface area contributed by atoms with Crippen LogP contribution in [0.15, 0.2) is 12.2 Å². The Morgan fingerprint density at radius 2 is 2.36 bits per heavy atom. The van der Waals surface area contributed by atoms with Gasteiger partial charge in [-0.2, -0.15) is 0 Å². The van der Waals surface area contributed by atoms with Crippen molar-refractivity contribution in [2.45, 2.75) is 39.1 Å². The Balaban J connectivity index is 2.28. The Morgan fingerprint density at radius 1 is 1.57 bits per heavy atom. The third kappa shape index (κ3) is 3.60. The van der Waals surface area contributed by atoms with Gasteiger partial charge in [0, 0.05) is 6.61 Å². The molecule has 3 unspecified atom stereocenters. The molecule has 0 aliphatic heterocycles. The number of allylic oxidation sites excluding steroid dienone is 1. The van der Waals surface area contributed by atoms with Crippen molar-refractivity contribution in [3.8, 4) is 0 Å². The van der Waals surface area contributed by atoms with Crippen molar-refractivity contribution in [3.05, 3.63) is 12.2 Å². The summed E-state index contributed by atoms with van der Waals surface area (Å²) in [5.74, 6) is 0.947. The fourth-order valence-corrected chi connectivity index (χ4v) is 1.64. The summed E-state index contributed by atoms with van der Waals surface area (Å²) in [5, 5.41) is 0. The van der Waals surface area contributed by atoms with Gasteiger partial charge < -0.3 is 9.47 Å². The molecule has 3 atom stereocenters. The van der Waals surface area contributed by atoms with Gasteiger partial charge in [-0.15, -0.1) is 11.6 Å². The van der Waals surface area contributed by atoms with E-state index in [1.54, 1.807) is 0 Å². The van der Waals surface area contributed by atoms with Crippen LogP contribution >= 0.6 is 11.6 Å². The predicted molar refractivity (Wildman–Crippen MR) is 58.5 cm³/mol. The zero-order valence-electron chi connectivity index (χ0n) is 8.91. The molecule has 0 saturated carbocycles. The first kappa shape index (κ1) is 12.0. The Morgan fingerprint density at radius 3 is 2.86 bits per heavy atom. The van der Waals surface area contributed by atoms with Crippen LogP contribution < -0.4 is 0 Å². The highest BCUT2D eigenvalue weighted by molar-refractivity contribution is 6.18. The molecule has 1 rings (SSSR count). The number of ether oxygens (including phenoxy) is 2. The summed E-state index contributed by atoms with van der Waals surface area (Å²) in [6.07, 6.45) is 6.25. The van der Waals surface area contributed by atoms with Crippen LogP contribution in [-0.4, -0.2) is 24.9 Å². The van der Waals surface area contributed by atoms with Crippen LogP contribution in [0.1, 0.15) is 26.7 Å². The Bertz CT molecular complexity index is 182. The minimum absolute atomic E-state index is 0.176. The van der Waals surface area contributed by atoms with Gasteiger partial charge in [0.05, 0.1) is 12.0 Å². The molecule has 3 heteroatoms. The molecule has 1 aliphatic rings. The standard InChI is InChI=1S/C11H19ClO2/c1-3-7-13-11(8-12)14-10-6-4-5-9(10)2/h4,6,9-11H,3,5,7-8H2,1-2H3. The molecule has 0 spiro atoms. The van der Waals surface area contributed by atoms with Crippen molar-refractivity contribution in [3.63, 3.8) is 0 Å². The first-order valence-electron chi connectivity index (χ1n) is 5.27. The minimum Gasteiger partial charge on any atom is -0.351 e. The monoisotopic (exact) mass is 218 g/mol. The van der Waals surface area contributed by atoms with Crippen molar-refractivity contribution >= 4 is 11.6 Å². The summed E-state index contributed by atoms with van der Waals surface area (Å²) in [6, 6.07) is 0. The normalized spacial score (nSPS) is 28.2. The molecule has 0 N–H and O–H groups in total. The Labute approximate surface area is 91.2 Å². The van der Waals surface area contributed by atoms with Gasteiger partial charge in [0.2, 0.25) is 0 Å². The van der Waals surface area contributed by atoms with Crippen molar-refractivity contribution in [2.75, 3.05) is 12.5 Å². The number of alkyl halides is 1. The average Bonchev–Trinajstić information content (AvgIpc) is 2.59. The Kier molecular flexibility index (Phi) is 5.53. The summed E-state index contributed by atoms with van der Waals surface area (Å²) in [5.41, 5.74) is 0. The van der Waals surface area contributed by atoms with Crippen LogP contribution in [0, 0.1) is 5.92 Å². The molecule has 0 radical (unpaired) electrons. The molecular weight excluding hydrogens is 200 g/mol. The lowest BCUT2D eigenvalue weighted by Crippen LogP contribution is -2.27. The predicted octanol–water partition coefficient (Wildman–Crippen LogP) is 2.96. The fourth-order valence-electron chi connectivity index (χ4n) is 1.48. The lowest BCUT2D eigenvalue weighted by Gasteiger charge is -2.22. The van der Waals surface area contributed by atoms with Gasteiger partial charge in [-0.1, -0.05) is 26.0 Å². The third-order valence-corrected chi connectivity index (χ3v) is 2.59. The van der Waals surface area contributed by atoms with Crippen LogP contribution in [0.2, 0.25) is 0 Å². The van der Waals surface area contributed by atoms with E-state index in [0.29, 0.717) is 18.4 Å². The molecule has 14 heavy (non-hydrogen) atoms. The molecular formula is C11H19ClO2. The summed E-state index contributed by atoms with van der Waals surface area (Å²) in [4.78, 5) is 0. The van der Waals surface area contributed by atoms with Gasteiger partial charge in [0.1, 0.15) is 0 Å². The molecule has 1 aliphatic carbocycles. The van der Waals surface area contributed by atoms with E-state index in [2.05, 4.69) is 26.0 Å². The van der Waals surface area contributed by atoms with E-state index in [4.69, 9.17) is 21.1 Å². The van der Waals surface area contributed by atoms with Gasteiger partial charge in [-0.3, -0.25) is 0 Å². The summed E-state index contributed by atoms with van der Waals surface area (Å²) >= 11 is 5.76. The topological polar surface area (TPSA) is 18.5 Å². The van der Waals surface area contributed by atoms with Crippen LogP contribution in [0.25, 0.3) is 0 Å². The lowest BCUT2D eigenvalue weighted by molar-refractivity contribution is -0.154. The summed E-state index contributed by atoms with van der Waals surface area (Å²) in [6.45, 7) is 4.96. The zero-order valence-corrected chi connectivity index (χ0v) is 9.67. The number of hydrogen-bond donors (Lipinski definition) is 0. The third-order valence-electron chi connectivity index (χ3n) is 2.34. The maximum absolute atomic E-state index is 5.76. The smallest absolute Gasteiger partial charge is 0.171 e. The maximum Gasteiger partial charge on any atom is 0.171 e. The minimum atomic E-state index is -0.258. The highest BCUT2D eigenvalue weighted by atomic mass is 35.5. The highest BCUT2D eigenvalue weighted by Gasteiger charge is 2.22. The second kappa shape index (κ2) is 6.44. The number of rotatable bonds is 6. The molecule has 82 valence electrons. The fraction of sp³-hybridized carbons (Fsp3) is 0.818. The van der Waals surface area contributed by atoms with E-state index in [1.807, 2.05) is 0 Å². The Hall–Kier alpha value is -0.0500. The maximum atomic E-state index is 5.76. The van der Waals surface area contributed by atoms with Crippen molar-refractivity contribution in [1.82, 2.24) is 0 Å². The van der Waals surface area contributed by atoms with E-state index in [1.165, 1.54) is 0 Å². The molecule has 0 aromatic carbocycles. The first-order valence-corrected chi connectivity index (χ1v) is 5.81. The number of hydrogen-bond acceptors (Lipinski definition) is 2. The largest absolute Gasteiger partial charge is 0.351 e. The van der Waals surface area contributed by atoms with E-state index in [9.17, 15) is 0 Å². The van der Waals surface area contributed by atoms with Gasteiger partial charge in [-0.25, -0.2) is 0 Å². The first-order chi connectivity index (χ1) is 6.77. The molecule has 0 bridgehead atoms. The van der Waals surface area contributed by atoms with Gasteiger partial charge in [-0.05, 0) is 18.8 Å². The van der Waals surface area contributed by atoms with Crippen molar-refractivity contribution in [1.29, 1.82) is 0 Å². The molecule has 0 heterocycles. The second-order valence-electron chi connectivity index (χ2n) is 3.70. The second-order valence-corrected chi connectivity index (χ2v) is 4.01. The average molecular weight is 219 g/mol. The highest BCUT2D eigenvalue weighted by Crippen LogP contribution is 2.22.